The third kappa shape index (κ3) is 3.57. The summed E-state index contributed by atoms with van der Waals surface area (Å²) < 4.78 is 0. The van der Waals surface area contributed by atoms with E-state index in [0.29, 0.717) is 10.8 Å². The third-order valence-corrected chi connectivity index (χ3v) is 6.06. The van der Waals surface area contributed by atoms with Gasteiger partial charge in [0.1, 0.15) is 0 Å². The summed E-state index contributed by atoms with van der Waals surface area (Å²) in [7, 11) is 0. The van der Waals surface area contributed by atoms with Gasteiger partial charge in [-0.1, -0.05) is 33.6 Å². The fraction of sp³-hybridized carbons (Fsp3) is 1.00. The van der Waals surface area contributed by atoms with E-state index in [1.807, 2.05) is 0 Å². The number of nitrogens with one attached hydrogen (secondary N) is 1. The topological polar surface area (TPSA) is 15.3 Å². The van der Waals surface area contributed by atoms with Crippen molar-refractivity contribution in [2.24, 2.45) is 16.7 Å². The standard InChI is InChI=1S/C18H34N2/c1-17(2,3)15-8-11-20(12-15)14-18(9-4-5-10-18)13-19-16-6-7-16/h15-16,19H,4-14H2,1-3H3. The predicted octanol–water partition coefficient (Wildman–Crippen LogP) is 3.67. The maximum Gasteiger partial charge on any atom is 0.00684 e. The van der Waals surface area contributed by atoms with Crippen LogP contribution in [-0.4, -0.2) is 37.1 Å². The van der Waals surface area contributed by atoms with E-state index in [-0.39, 0.29) is 0 Å². The van der Waals surface area contributed by atoms with Crippen LogP contribution < -0.4 is 5.32 Å². The molecule has 1 atom stereocenters. The zero-order valence-corrected chi connectivity index (χ0v) is 13.9. The summed E-state index contributed by atoms with van der Waals surface area (Å²) in [6, 6.07) is 0.869. The zero-order valence-electron chi connectivity index (χ0n) is 13.9. The summed E-state index contributed by atoms with van der Waals surface area (Å²) in [6.07, 6.45) is 10.1. The number of hydrogen-bond acceptors (Lipinski definition) is 2. The second-order valence-corrected chi connectivity index (χ2v) is 8.95. The molecule has 1 unspecified atom stereocenters. The Kier molecular flexibility index (Phi) is 4.16. The predicted molar refractivity (Wildman–Crippen MR) is 85.9 cm³/mol. The van der Waals surface area contributed by atoms with Gasteiger partial charge in [-0.3, -0.25) is 0 Å². The highest BCUT2D eigenvalue weighted by Gasteiger charge is 2.40. The molecule has 1 saturated heterocycles. The fourth-order valence-corrected chi connectivity index (χ4v) is 4.32. The van der Waals surface area contributed by atoms with E-state index in [9.17, 15) is 0 Å². The summed E-state index contributed by atoms with van der Waals surface area (Å²) in [5.74, 6) is 0.900. The van der Waals surface area contributed by atoms with Crippen molar-refractivity contribution in [3.63, 3.8) is 0 Å². The Morgan fingerprint density at radius 2 is 1.80 bits per heavy atom. The van der Waals surface area contributed by atoms with Crippen LogP contribution in [0.4, 0.5) is 0 Å². The maximum absolute atomic E-state index is 3.83. The van der Waals surface area contributed by atoms with Gasteiger partial charge in [-0.15, -0.1) is 0 Å². The molecule has 0 aromatic carbocycles. The van der Waals surface area contributed by atoms with Crippen LogP contribution in [-0.2, 0) is 0 Å². The molecule has 2 aliphatic carbocycles. The molecular formula is C18H34N2. The zero-order chi connectivity index (χ0) is 14.2. The Balaban J connectivity index is 1.54. The average molecular weight is 278 g/mol. The molecule has 0 amide bonds. The first-order chi connectivity index (χ1) is 9.47. The summed E-state index contributed by atoms with van der Waals surface area (Å²) in [5.41, 5.74) is 1.10. The minimum Gasteiger partial charge on any atom is -0.313 e. The largest absolute Gasteiger partial charge is 0.313 e. The van der Waals surface area contributed by atoms with E-state index in [2.05, 4.69) is 31.0 Å². The van der Waals surface area contributed by atoms with Crippen LogP contribution in [0, 0.1) is 16.7 Å². The third-order valence-electron chi connectivity index (χ3n) is 6.06. The average Bonchev–Trinajstić information content (AvgIpc) is 2.89. The van der Waals surface area contributed by atoms with Crippen LogP contribution in [0.3, 0.4) is 0 Å². The molecule has 0 bridgehead atoms. The fourth-order valence-electron chi connectivity index (χ4n) is 4.32. The molecule has 116 valence electrons. The monoisotopic (exact) mass is 278 g/mol. The molecular weight excluding hydrogens is 244 g/mol. The van der Waals surface area contributed by atoms with Crippen molar-refractivity contribution in [1.29, 1.82) is 0 Å². The Morgan fingerprint density at radius 3 is 2.35 bits per heavy atom. The van der Waals surface area contributed by atoms with Crippen molar-refractivity contribution in [2.75, 3.05) is 26.2 Å². The van der Waals surface area contributed by atoms with Gasteiger partial charge in [0.25, 0.3) is 0 Å². The van der Waals surface area contributed by atoms with Crippen molar-refractivity contribution in [2.45, 2.75) is 71.8 Å². The SMILES string of the molecule is CC(C)(C)C1CCN(CC2(CNC3CC3)CCCC2)C1. The van der Waals surface area contributed by atoms with Crippen LogP contribution in [0.25, 0.3) is 0 Å². The molecule has 3 fully saturated rings. The molecule has 20 heavy (non-hydrogen) atoms. The van der Waals surface area contributed by atoms with Crippen molar-refractivity contribution in [3.8, 4) is 0 Å². The number of nitrogens with zero attached hydrogens (tertiary/aromatic N) is 1. The van der Waals surface area contributed by atoms with Gasteiger partial charge in [0.05, 0.1) is 0 Å². The first kappa shape index (κ1) is 14.8. The van der Waals surface area contributed by atoms with Gasteiger partial charge < -0.3 is 10.2 Å². The Morgan fingerprint density at radius 1 is 1.10 bits per heavy atom. The second-order valence-electron chi connectivity index (χ2n) is 8.95. The van der Waals surface area contributed by atoms with E-state index >= 15 is 0 Å². The summed E-state index contributed by atoms with van der Waals surface area (Å²) >= 11 is 0. The van der Waals surface area contributed by atoms with Gasteiger partial charge in [0, 0.05) is 25.7 Å². The molecule has 1 heterocycles. The van der Waals surface area contributed by atoms with E-state index in [1.165, 1.54) is 71.1 Å². The Labute approximate surface area is 125 Å². The molecule has 2 heteroatoms. The van der Waals surface area contributed by atoms with Crippen molar-refractivity contribution >= 4 is 0 Å². The van der Waals surface area contributed by atoms with Crippen LogP contribution >= 0.6 is 0 Å². The highest BCUT2D eigenvalue weighted by molar-refractivity contribution is 4.94. The van der Waals surface area contributed by atoms with Crippen molar-refractivity contribution < 1.29 is 0 Å². The van der Waals surface area contributed by atoms with Gasteiger partial charge in [-0.05, 0) is 55.4 Å². The summed E-state index contributed by atoms with van der Waals surface area (Å²) in [6.45, 7) is 12.6. The minimum atomic E-state index is 0.490. The van der Waals surface area contributed by atoms with Gasteiger partial charge in [0.2, 0.25) is 0 Å². The number of hydrogen-bond donors (Lipinski definition) is 1. The lowest BCUT2D eigenvalue weighted by molar-refractivity contribution is 0.154. The van der Waals surface area contributed by atoms with Gasteiger partial charge in [-0.2, -0.15) is 0 Å². The lowest BCUT2D eigenvalue weighted by Gasteiger charge is -2.35. The molecule has 2 saturated carbocycles. The lowest BCUT2D eigenvalue weighted by atomic mass is 9.80. The van der Waals surface area contributed by atoms with Crippen LogP contribution in [0.15, 0.2) is 0 Å². The van der Waals surface area contributed by atoms with Crippen LogP contribution in [0.2, 0.25) is 0 Å². The molecule has 1 N–H and O–H groups in total. The van der Waals surface area contributed by atoms with E-state index < -0.39 is 0 Å². The van der Waals surface area contributed by atoms with Gasteiger partial charge in [0.15, 0.2) is 0 Å². The highest BCUT2D eigenvalue weighted by atomic mass is 15.2. The summed E-state index contributed by atoms with van der Waals surface area (Å²) in [4.78, 5) is 2.79. The van der Waals surface area contributed by atoms with E-state index in [0.717, 1.165) is 12.0 Å². The molecule has 0 spiro atoms. The van der Waals surface area contributed by atoms with Crippen molar-refractivity contribution in [3.05, 3.63) is 0 Å². The van der Waals surface area contributed by atoms with E-state index in [1.54, 1.807) is 0 Å². The second kappa shape index (κ2) is 5.61. The molecule has 3 aliphatic rings. The smallest absolute Gasteiger partial charge is 0.00684 e. The minimum absolute atomic E-state index is 0.490. The molecule has 1 aliphatic heterocycles. The first-order valence-corrected chi connectivity index (χ1v) is 8.93. The first-order valence-electron chi connectivity index (χ1n) is 8.93. The summed E-state index contributed by atoms with van der Waals surface area (Å²) in [5, 5.41) is 3.83. The van der Waals surface area contributed by atoms with Gasteiger partial charge >= 0.3 is 0 Å². The van der Waals surface area contributed by atoms with Crippen molar-refractivity contribution in [1.82, 2.24) is 10.2 Å². The van der Waals surface area contributed by atoms with Crippen LogP contribution in [0.1, 0.15) is 65.7 Å². The van der Waals surface area contributed by atoms with Gasteiger partial charge in [-0.25, -0.2) is 0 Å². The molecule has 0 radical (unpaired) electrons. The Bertz CT molecular complexity index is 321. The lowest BCUT2D eigenvalue weighted by Crippen LogP contribution is -2.42. The quantitative estimate of drug-likeness (QED) is 0.825. The maximum atomic E-state index is 3.83. The highest BCUT2D eigenvalue weighted by Crippen LogP contribution is 2.41. The normalized spacial score (nSPS) is 31.1. The number of likely N-dealkylation sites (tertiary alicyclic amines) is 1. The number of rotatable bonds is 5. The molecule has 0 aromatic heterocycles. The molecule has 2 nitrogen and oxygen atoms in total. The molecule has 0 aromatic rings. The van der Waals surface area contributed by atoms with Crippen LogP contribution in [0.5, 0.6) is 0 Å². The van der Waals surface area contributed by atoms with E-state index in [4.69, 9.17) is 0 Å². The molecule has 3 rings (SSSR count). The Hall–Kier alpha value is -0.0800.